The lowest BCUT2D eigenvalue weighted by Crippen LogP contribution is -2.01. The van der Waals surface area contributed by atoms with E-state index in [0.717, 1.165) is 22.8 Å². The van der Waals surface area contributed by atoms with Gasteiger partial charge in [-0.2, -0.15) is 0 Å². The summed E-state index contributed by atoms with van der Waals surface area (Å²) in [6.45, 7) is 7.22. The molecule has 0 spiro atoms. The summed E-state index contributed by atoms with van der Waals surface area (Å²) in [5.41, 5.74) is 6.22. The monoisotopic (exact) mass is 285 g/mol. The van der Waals surface area contributed by atoms with Crippen molar-refractivity contribution in [2.45, 2.75) is 27.3 Å². The lowest BCUT2D eigenvalue weighted by molar-refractivity contribution is 0.837. The molecule has 1 aromatic carbocycles. The molecule has 3 nitrogen and oxygen atoms in total. The Labute approximate surface area is 123 Å². The molecular weight excluding hydrogens is 266 g/mol. The zero-order valence-corrected chi connectivity index (χ0v) is 13.1. The van der Waals surface area contributed by atoms with Gasteiger partial charge in [-0.15, -0.1) is 11.3 Å². The highest BCUT2D eigenvalue weighted by Crippen LogP contribution is 2.25. The second-order valence-electron chi connectivity index (χ2n) is 5.22. The van der Waals surface area contributed by atoms with Crippen LogP contribution in [0.5, 0.6) is 0 Å². The van der Waals surface area contributed by atoms with Crippen LogP contribution < -0.4 is 5.32 Å². The molecule has 3 aromatic rings. The van der Waals surface area contributed by atoms with Crippen LogP contribution in [0.15, 0.2) is 24.3 Å². The van der Waals surface area contributed by atoms with E-state index in [-0.39, 0.29) is 0 Å². The summed E-state index contributed by atoms with van der Waals surface area (Å²) in [5, 5.41) is 4.63. The van der Waals surface area contributed by atoms with Gasteiger partial charge in [0, 0.05) is 30.7 Å². The molecule has 2 aromatic heterocycles. The molecule has 4 heteroatoms. The summed E-state index contributed by atoms with van der Waals surface area (Å²) in [5.74, 6) is 0. The minimum atomic E-state index is 0.858. The van der Waals surface area contributed by atoms with Gasteiger partial charge in [0.05, 0.1) is 15.2 Å². The fourth-order valence-corrected chi connectivity index (χ4v) is 3.33. The number of aromatic nitrogens is 2. The van der Waals surface area contributed by atoms with Crippen LogP contribution in [0.3, 0.4) is 0 Å². The summed E-state index contributed by atoms with van der Waals surface area (Å²) in [6.07, 6.45) is 0. The second kappa shape index (κ2) is 4.94. The Morgan fingerprint density at radius 2 is 2.00 bits per heavy atom. The maximum Gasteiger partial charge on any atom is 0.0907 e. The van der Waals surface area contributed by atoms with E-state index in [1.807, 2.05) is 6.92 Å². The first-order valence-electron chi connectivity index (χ1n) is 6.77. The Morgan fingerprint density at radius 1 is 1.20 bits per heavy atom. The molecule has 0 aliphatic heterocycles. The van der Waals surface area contributed by atoms with E-state index in [0.29, 0.717) is 0 Å². The van der Waals surface area contributed by atoms with Crippen LogP contribution in [0.1, 0.15) is 22.0 Å². The third-order valence-electron chi connectivity index (χ3n) is 3.86. The summed E-state index contributed by atoms with van der Waals surface area (Å²) in [7, 11) is 2.11. The van der Waals surface area contributed by atoms with Crippen molar-refractivity contribution in [3.8, 4) is 0 Å². The van der Waals surface area contributed by atoms with Crippen molar-refractivity contribution in [1.29, 1.82) is 0 Å². The molecule has 2 heterocycles. The van der Waals surface area contributed by atoms with Gasteiger partial charge >= 0.3 is 0 Å². The molecule has 0 atom stereocenters. The molecule has 0 saturated carbocycles. The topological polar surface area (TPSA) is 29.9 Å². The van der Waals surface area contributed by atoms with Crippen molar-refractivity contribution in [2.24, 2.45) is 7.05 Å². The van der Waals surface area contributed by atoms with E-state index in [1.165, 1.54) is 21.7 Å². The van der Waals surface area contributed by atoms with Gasteiger partial charge in [-0.3, -0.25) is 0 Å². The van der Waals surface area contributed by atoms with Crippen LogP contribution in [0.25, 0.3) is 10.2 Å². The first-order chi connectivity index (χ1) is 9.54. The molecule has 1 N–H and O–H groups in total. The van der Waals surface area contributed by atoms with Crippen LogP contribution in [0, 0.1) is 20.8 Å². The summed E-state index contributed by atoms with van der Waals surface area (Å²) in [6, 6.07) is 8.62. The van der Waals surface area contributed by atoms with E-state index in [9.17, 15) is 0 Å². The zero-order valence-electron chi connectivity index (χ0n) is 12.3. The summed E-state index contributed by atoms with van der Waals surface area (Å²) < 4.78 is 3.47. The molecule has 0 aliphatic rings. The van der Waals surface area contributed by atoms with Gasteiger partial charge < -0.3 is 9.88 Å². The van der Waals surface area contributed by atoms with E-state index in [1.54, 1.807) is 11.3 Å². The molecule has 20 heavy (non-hydrogen) atoms. The maximum absolute atomic E-state index is 4.49. The standard InChI is InChI=1S/C16H19N3S/c1-10-7-13(11(2)19(10)4)9-17-14-5-6-15-16(8-14)20-12(3)18-15/h5-8,17H,9H2,1-4H3. The van der Waals surface area contributed by atoms with Gasteiger partial charge in [0.2, 0.25) is 0 Å². The molecule has 0 bridgehead atoms. The summed E-state index contributed by atoms with van der Waals surface area (Å²) >= 11 is 1.74. The number of nitrogens with one attached hydrogen (secondary N) is 1. The number of hydrogen-bond donors (Lipinski definition) is 1. The lowest BCUT2D eigenvalue weighted by Gasteiger charge is -2.07. The highest BCUT2D eigenvalue weighted by atomic mass is 32.1. The van der Waals surface area contributed by atoms with E-state index in [4.69, 9.17) is 0 Å². The molecule has 0 saturated heterocycles. The van der Waals surface area contributed by atoms with Gasteiger partial charge in [-0.05, 0) is 50.6 Å². The largest absolute Gasteiger partial charge is 0.381 e. The number of anilines is 1. The Hall–Kier alpha value is -1.81. The first-order valence-corrected chi connectivity index (χ1v) is 7.59. The van der Waals surface area contributed by atoms with Gasteiger partial charge in [0.15, 0.2) is 0 Å². The van der Waals surface area contributed by atoms with Crippen LogP contribution in [-0.4, -0.2) is 9.55 Å². The summed E-state index contributed by atoms with van der Waals surface area (Å²) in [4.78, 5) is 4.49. The van der Waals surface area contributed by atoms with Crippen molar-refractivity contribution in [3.63, 3.8) is 0 Å². The Balaban J connectivity index is 1.80. The number of rotatable bonds is 3. The maximum atomic E-state index is 4.49. The van der Waals surface area contributed by atoms with Crippen molar-refractivity contribution < 1.29 is 0 Å². The van der Waals surface area contributed by atoms with Crippen LogP contribution in [-0.2, 0) is 13.6 Å². The minimum absolute atomic E-state index is 0.858. The predicted octanol–water partition coefficient (Wildman–Crippen LogP) is 4.17. The van der Waals surface area contributed by atoms with Crippen molar-refractivity contribution in [3.05, 3.63) is 46.2 Å². The molecule has 0 amide bonds. The normalized spacial score (nSPS) is 11.2. The minimum Gasteiger partial charge on any atom is -0.381 e. The number of fused-ring (bicyclic) bond motifs is 1. The third kappa shape index (κ3) is 2.31. The fraction of sp³-hybridized carbons (Fsp3) is 0.312. The van der Waals surface area contributed by atoms with Crippen LogP contribution in [0.4, 0.5) is 5.69 Å². The zero-order chi connectivity index (χ0) is 14.3. The van der Waals surface area contributed by atoms with Gasteiger partial charge in [-0.25, -0.2) is 4.98 Å². The van der Waals surface area contributed by atoms with Crippen LogP contribution in [0.2, 0.25) is 0 Å². The number of nitrogens with zero attached hydrogens (tertiary/aromatic N) is 2. The Bertz CT molecular complexity index is 767. The lowest BCUT2D eigenvalue weighted by atomic mass is 10.2. The van der Waals surface area contributed by atoms with Crippen LogP contribution >= 0.6 is 11.3 Å². The van der Waals surface area contributed by atoms with Gasteiger partial charge in [0.25, 0.3) is 0 Å². The molecular formula is C16H19N3S. The molecule has 3 rings (SSSR count). The van der Waals surface area contributed by atoms with Gasteiger partial charge in [0.1, 0.15) is 0 Å². The van der Waals surface area contributed by atoms with Crippen molar-refractivity contribution in [1.82, 2.24) is 9.55 Å². The average Bonchev–Trinajstić information content (AvgIpc) is 2.90. The molecule has 0 fully saturated rings. The fourth-order valence-electron chi connectivity index (χ4n) is 2.46. The predicted molar refractivity (Wildman–Crippen MR) is 86.6 cm³/mol. The highest BCUT2D eigenvalue weighted by Gasteiger charge is 2.06. The number of aryl methyl sites for hydroxylation is 2. The Morgan fingerprint density at radius 3 is 2.70 bits per heavy atom. The van der Waals surface area contributed by atoms with Crippen molar-refractivity contribution in [2.75, 3.05) is 5.32 Å². The quantitative estimate of drug-likeness (QED) is 0.782. The average molecular weight is 285 g/mol. The molecule has 104 valence electrons. The van der Waals surface area contributed by atoms with Gasteiger partial charge in [-0.1, -0.05) is 0 Å². The number of hydrogen-bond acceptors (Lipinski definition) is 3. The smallest absolute Gasteiger partial charge is 0.0907 e. The molecule has 0 unspecified atom stereocenters. The molecule has 0 aliphatic carbocycles. The molecule has 0 radical (unpaired) electrons. The SMILES string of the molecule is Cc1nc2ccc(NCc3cc(C)n(C)c3C)cc2s1. The number of benzene rings is 1. The Kier molecular flexibility index (Phi) is 3.26. The third-order valence-corrected chi connectivity index (χ3v) is 4.79. The van der Waals surface area contributed by atoms with E-state index in [2.05, 4.69) is 60.0 Å². The van der Waals surface area contributed by atoms with Crippen molar-refractivity contribution >= 4 is 27.2 Å². The second-order valence-corrected chi connectivity index (χ2v) is 6.46. The number of thiazole rings is 1. The van der Waals surface area contributed by atoms with E-state index < -0.39 is 0 Å². The highest BCUT2D eigenvalue weighted by molar-refractivity contribution is 7.18. The first kappa shape index (κ1) is 13.2. The van der Waals surface area contributed by atoms with E-state index >= 15 is 0 Å².